The first-order valence-corrected chi connectivity index (χ1v) is 17.1. The average Bonchev–Trinajstić information content (AvgIpc) is 3.55. The molecule has 15 nitrogen and oxygen atoms in total. The van der Waals surface area contributed by atoms with Crippen molar-refractivity contribution in [1.29, 1.82) is 0 Å². The van der Waals surface area contributed by atoms with E-state index in [0.717, 1.165) is 23.4 Å². The second-order valence-electron chi connectivity index (χ2n) is 10.3. The summed E-state index contributed by atoms with van der Waals surface area (Å²) in [6, 6.07) is 14.1. The molecule has 3 aromatic heterocycles. The van der Waals surface area contributed by atoms with Crippen molar-refractivity contribution in [2.75, 3.05) is 12.4 Å². The van der Waals surface area contributed by atoms with Crippen LogP contribution in [0.2, 0.25) is 0 Å². The van der Waals surface area contributed by atoms with Gasteiger partial charge in [0.25, 0.3) is 20.2 Å². The van der Waals surface area contributed by atoms with Gasteiger partial charge in [-0.1, -0.05) is 12.1 Å². The van der Waals surface area contributed by atoms with Crippen LogP contribution in [-0.2, 0) is 31.6 Å². The van der Waals surface area contributed by atoms with Crippen LogP contribution in [-0.4, -0.2) is 64.2 Å². The summed E-state index contributed by atoms with van der Waals surface area (Å²) in [6.07, 6.45) is 3.77. The van der Waals surface area contributed by atoms with Gasteiger partial charge in [-0.05, 0) is 31.4 Å². The smallest absolute Gasteiger partial charge is 0.333 e. The molecule has 17 heteroatoms. The average molecular weight is 677 g/mol. The Balaban J connectivity index is 1.30. The first-order chi connectivity index (χ1) is 21.8. The molecule has 46 heavy (non-hydrogen) atoms. The van der Waals surface area contributed by atoms with Crippen LogP contribution in [0.3, 0.4) is 0 Å². The van der Waals surface area contributed by atoms with Gasteiger partial charge in [0.2, 0.25) is 23.2 Å². The Kier molecular flexibility index (Phi) is 9.47. The predicted octanol–water partition coefficient (Wildman–Crippen LogP) is 3.27. The molecule has 0 saturated heterocycles. The lowest BCUT2D eigenvalue weighted by Crippen LogP contribution is -2.34. The molecule has 0 bridgehead atoms. The molecule has 4 N–H and O–H groups in total. The van der Waals surface area contributed by atoms with E-state index in [1.54, 1.807) is 6.07 Å². The summed E-state index contributed by atoms with van der Waals surface area (Å²) >= 11 is 0. The van der Waals surface area contributed by atoms with E-state index in [-0.39, 0.29) is 53.9 Å². The maximum atomic E-state index is 12.1. The molecule has 0 aliphatic carbocycles. The molecule has 5 aromatic rings. The van der Waals surface area contributed by atoms with Gasteiger partial charge in [0.05, 0.1) is 23.3 Å². The molecule has 0 fully saturated rings. The van der Waals surface area contributed by atoms with E-state index < -0.39 is 36.9 Å². The van der Waals surface area contributed by atoms with Crippen LogP contribution in [0, 0.1) is 0 Å². The zero-order chi connectivity index (χ0) is 33.1. The number of ether oxygens (including phenoxy) is 1. The van der Waals surface area contributed by atoms with Gasteiger partial charge in [-0.2, -0.15) is 21.4 Å². The van der Waals surface area contributed by atoms with E-state index >= 15 is 0 Å². The molecule has 0 aliphatic rings. The summed E-state index contributed by atoms with van der Waals surface area (Å²) in [5, 5.41) is 20.0. The number of fused-ring (bicyclic) bond motifs is 2. The monoisotopic (exact) mass is 676 g/mol. The number of benzene rings is 2. The van der Waals surface area contributed by atoms with Crippen molar-refractivity contribution in [1.82, 2.24) is 9.71 Å². The normalized spacial score (nSPS) is 12.1. The van der Waals surface area contributed by atoms with E-state index in [1.165, 1.54) is 18.2 Å². The van der Waals surface area contributed by atoms with Gasteiger partial charge in [-0.15, -0.1) is 4.73 Å². The van der Waals surface area contributed by atoms with Crippen LogP contribution in [0.25, 0.3) is 33.5 Å². The van der Waals surface area contributed by atoms with Crippen molar-refractivity contribution in [3.05, 3.63) is 60.8 Å². The number of carbonyl (C=O) groups excluding carboxylic acids is 1. The van der Waals surface area contributed by atoms with Crippen molar-refractivity contribution in [3.63, 3.8) is 0 Å². The van der Waals surface area contributed by atoms with E-state index in [9.17, 15) is 36.4 Å². The number of para-hydroxylation sites is 1. The fourth-order valence-corrected chi connectivity index (χ4v) is 5.94. The number of aromatic hydroxyl groups is 2. The molecule has 0 saturated carbocycles. The number of carbonyl (C=O) groups is 1. The zero-order valence-electron chi connectivity index (χ0n) is 24.1. The molecule has 0 aliphatic heterocycles. The number of rotatable bonds is 14. The van der Waals surface area contributed by atoms with Crippen molar-refractivity contribution in [3.8, 4) is 29.0 Å². The second-order valence-corrected chi connectivity index (χ2v) is 13.3. The Labute approximate surface area is 262 Å². The first kappa shape index (κ1) is 32.7. The highest BCUT2D eigenvalue weighted by Gasteiger charge is 2.23. The number of unbranched alkanes of at least 4 members (excludes halogenated alkanes) is 2. The molecule has 0 atom stereocenters. The van der Waals surface area contributed by atoms with Crippen molar-refractivity contribution < 1.29 is 59.5 Å². The Morgan fingerprint density at radius 2 is 1.67 bits per heavy atom. The molecule has 5 rings (SSSR count). The highest BCUT2D eigenvalue weighted by atomic mass is 32.2. The highest BCUT2D eigenvalue weighted by molar-refractivity contribution is 7.86. The SMILES string of the molecule is O=C(CCCCC[n+]1ccc(-c2nc3cc(S(=O)(=O)O)c(OCCCS(=O)(=O)O)cc3o2)c2ccccc21)On1c(O)ccc1O. The van der Waals surface area contributed by atoms with Gasteiger partial charge in [0, 0.05) is 43.2 Å². The van der Waals surface area contributed by atoms with Gasteiger partial charge >= 0.3 is 5.97 Å². The van der Waals surface area contributed by atoms with Crippen LogP contribution in [0.15, 0.2) is 70.1 Å². The molecule has 2 aromatic carbocycles. The minimum atomic E-state index is -4.74. The minimum absolute atomic E-state index is 0.0930. The number of oxazole rings is 1. The summed E-state index contributed by atoms with van der Waals surface area (Å²) in [4.78, 5) is 20.9. The fraction of sp³-hybridized carbons (Fsp3) is 0.276. The van der Waals surface area contributed by atoms with Crippen LogP contribution < -0.4 is 14.1 Å². The van der Waals surface area contributed by atoms with Crippen LogP contribution in [0.4, 0.5) is 0 Å². The number of hydrogen-bond acceptors (Lipinski definition) is 11. The van der Waals surface area contributed by atoms with Crippen LogP contribution in [0.5, 0.6) is 17.5 Å². The van der Waals surface area contributed by atoms with E-state index in [4.69, 9.17) is 18.5 Å². The first-order valence-electron chi connectivity index (χ1n) is 14.0. The summed E-state index contributed by atoms with van der Waals surface area (Å²) < 4.78 is 78.8. The van der Waals surface area contributed by atoms with E-state index in [0.29, 0.717) is 29.7 Å². The van der Waals surface area contributed by atoms with Gasteiger partial charge in [0.1, 0.15) is 22.7 Å². The molecule has 244 valence electrons. The maximum absolute atomic E-state index is 12.1. The molecular formula is C29H30N3O12S2+. The number of aromatic nitrogens is 3. The molecule has 0 radical (unpaired) electrons. The lowest BCUT2D eigenvalue weighted by Gasteiger charge is -2.09. The van der Waals surface area contributed by atoms with E-state index in [1.807, 2.05) is 35.0 Å². The molecule has 0 spiro atoms. The summed E-state index contributed by atoms with van der Waals surface area (Å²) in [5.41, 5.74) is 1.77. The Bertz CT molecular complexity index is 2100. The maximum Gasteiger partial charge on any atom is 0.333 e. The summed E-state index contributed by atoms with van der Waals surface area (Å²) in [7, 11) is -8.98. The fourth-order valence-electron chi connectivity index (χ4n) is 4.83. The van der Waals surface area contributed by atoms with Gasteiger partial charge < -0.3 is 24.2 Å². The summed E-state index contributed by atoms with van der Waals surface area (Å²) in [6.45, 7) is 0.365. The molecule has 0 amide bonds. The van der Waals surface area contributed by atoms with Crippen molar-refractivity contribution in [2.45, 2.75) is 43.5 Å². The number of hydrogen-bond donors (Lipinski definition) is 4. The minimum Gasteiger partial charge on any atom is -0.492 e. The second kappa shape index (κ2) is 13.3. The number of aryl methyl sites for hydroxylation is 1. The van der Waals surface area contributed by atoms with Gasteiger partial charge in [0.15, 0.2) is 11.8 Å². The van der Waals surface area contributed by atoms with Crippen LogP contribution >= 0.6 is 0 Å². The zero-order valence-corrected chi connectivity index (χ0v) is 25.8. The molecule has 3 heterocycles. The Morgan fingerprint density at radius 1 is 0.935 bits per heavy atom. The highest BCUT2D eigenvalue weighted by Crippen LogP contribution is 2.34. The lowest BCUT2D eigenvalue weighted by molar-refractivity contribution is -0.671. The molecule has 0 unspecified atom stereocenters. The summed E-state index contributed by atoms with van der Waals surface area (Å²) in [5.74, 6) is -2.04. The number of nitrogens with zero attached hydrogens (tertiary/aromatic N) is 3. The van der Waals surface area contributed by atoms with Gasteiger partial charge in [-0.25, -0.2) is 9.78 Å². The Hall–Kier alpha value is -4.71. The van der Waals surface area contributed by atoms with Gasteiger partial charge in [-0.3, -0.25) is 9.11 Å². The predicted molar refractivity (Wildman–Crippen MR) is 161 cm³/mol. The lowest BCUT2D eigenvalue weighted by atomic mass is 10.1. The standard InChI is InChI=1S/C29H29N3O12S2/c33-26-10-11-27(34)32(26)44-28(35)9-2-1-5-13-31-14-12-20(19-7-3-4-8-22(19)31)29-30-21-17-25(46(39,40)41)24(18-23(21)43-29)42-15-6-16-45(36,37)38/h3-4,7-8,10-12,14,17-18,30H,1-2,5-6,9,13,15-16H2,(H2,36,37,38,39,40,41)/p+1. The third kappa shape index (κ3) is 7.74. The topological polar surface area (TPSA) is 220 Å². The Morgan fingerprint density at radius 3 is 2.39 bits per heavy atom. The van der Waals surface area contributed by atoms with Crippen LogP contribution in [0.1, 0.15) is 32.1 Å². The largest absolute Gasteiger partial charge is 0.492 e. The number of pyridine rings is 1. The van der Waals surface area contributed by atoms with E-state index in [2.05, 4.69) is 4.98 Å². The quantitative estimate of drug-likeness (QED) is 0.0755. The third-order valence-electron chi connectivity index (χ3n) is 6.96. The van der Waals surface area contributed by atoms with Crippen molar-refractivity contribution >= 4 is 48.2 Å². The third-order valence-corrected chi connectivity index (χ3v) is 8.64. The molecular weight excluding hydrogens is 646 g/mol. The van der Waals surface area contributed by atoms with Crippen molar-refractivity contribution in [2.24, 2.45) is 0 Å².